The molecule has 2 N–H and O–H groups in total. The Kier molecular flexibility index (Phi) is 3.87. The Hall–Kier alpha value is -2.18. The second kappa shape index (κ2) is 5.44. The number of carboxylic acid groups (broad SMARTS) is 1. The van der Waals surface area contributed by atoms with Crippen LogP contribution in [0.15, 0.2) is 12.3 Å². The van der Waals surface area contributed by atoms with E-state index < -0.39 is 10.9 Å². The van der Waals surface area contributed by atoms with Crippen molar-refractivity contribution in [1.82, 2.24) is 4.98 Å². The number of pyridine rings is 1. The van der Waals surface area contributed by atoms with Gasteiger partial charge in [0.25, 0.3) is 5.69 Å². The SMILES string of the molecule is CCCC1(CNc2ncc([N+](=O)[O-])cc2C(=O)O)CC1. The van der Waals surface area contributed by atoms with Gasteiger partial charge in [0.1, 0.15) is 17.6 Å². The molecule has 1 aromatic heterocycles. The van der Waals surface area contributed by atoms with Gasteiger partial charge in [-0.05, 0) is 24.7 Å². The average Bonchev–Trinajstić information content (AvgIpc) is 3.16. The summed E-state index contributed by atoms with van der Waals surface area (Å²) in [4.78, 5) is 25.0. The molecular weight excluding hydrogens is 262 g/mol. The highest BCUT2D eigenvalue weighted by atomic mass is 16.6. The molecule has 2 rings (SSSR count). The van der Waals surface area contributed by atoms with Crippen LogP contribution in [-0.4, -0.2) is 27.5 Å². The molecule has 20 heavy (non-hydrogen) atoms. The van der Waals surface area contributed by atoms with Crippen LogP contribution in [0.5, 0.6) is 0 Å². The Morgan fingerprint density at radius 3 is 2.80 bits per heavy atom. The standard InChI is InChI=1S/C13H17N3O4/c1-2-3-13(4-5-13)8-15-11-10(12(17)18)6-9(7-14-11)16(19)20/h6-7H,2-5,8H2,1H3,(H,14,15)(H,17,18). The monoisotopic (exact) mass is 279 g/mol. The van der Waals surface area contributed by atoms with E-state index in [0.29, 0.717) is 6.54 Å². The van der Waals surface area contributed by atoms with Crippen molar-refractivity contribution in [2.24, 2.45) is 5.41 Å². The number of aromatic carboxylic acids is 1. The molecule has 1 heterocycles. The van der Waals surface area contributed by atoms with Crippen LogP contribution in [-0.2, 0) is 0 Å². The predicted octanol–water partition coefficient (Wildman–Crippen LogP) is 2.68. The number of aromatic nitrogens is 1. The first-order valence-corrected chi connectivity index (χ1v) is 6.59. The van der Waals surface area contributed by atoms with E-state index in [1.54, 1.807) is 0 Å². The van der Waals surface area contributed by atoms with Crippen molar-refractivity contribution in [3.8, 4) is 0 Å². The summed E-state index contributed by atoms with van der Waals surface area (Å²) in [6.45, 7) is 2.78. The zero-order chi connectivity index (χ0) is 14.8. The summed E-state index contributed by atoms with van der Waals surface area (Å²) >= 11 is 0. The van der Waals surface area contributed by atoms with Crippen molar-refractivity contribution in [2.75, 3.05) is 11.9 Å². The van der Waals surface area contributed by atoms with Crippen molar-refractivity contribution < 1.29 is 14.8 Å². The lowest BCUT2D eigenvalue weighted by Crippen LogP contribution is -2.18. The third kappa shape index (κ3) is 3.04. The highest BCUT2D eigenvalue weighted by Crippen LogP contribution is 2.49. The van der Waals surface area contributed by atoms with Crippen molar-refractivity contribution >= 4 is 17.5 Å². The molecule has 0 aromatic carbocycles. The third-order valence-electron chi connectivity index (χ3n) is 3.68. The molecule has 108 valence electrons. The number of nitro groups is 1. The molecule has 7 nitrogen and oxygen atoms in total. The van der Waals surface area contributed by atoms with Crippen molar-refractivity contribution in [1.29, 1.82) is 0 Å². The van der Waals surface area contributed by atoms with Gasteiger partial charge in [0.15, 0.2) is 0 Å². The molecule has 0 bridgehead atoms. The summed E-state index contributed by atoms with van der Waals surface area (Å²) in [5.74, 6) is -1.02. The molecule has 1 aliphatic carbocycles. The molecule has 0 atom stereocenters. The summed E-state index contributed by atoms with van der Waals surface area (Å²) in [6.07, 6.45) is 5.51. The molecule has 1 aromatic rings. The molecule has 1 saturated carbocycles. The second-order valence-electron chi connectivity index (χ2n) is 5.26. The van der Waals surface area contributed by atoms with E-state index in [0.717, 1.165) is 37.9 Å². The highest BCUT2D eigenvalue weighted by molar-refractivity contribution is 5.93. The van der Waals surface area contributed by atoms with E-state index in [9.17, 15) is 14.9 Å². The largest absolute Gasteiger partial charge is 0.478 e. The van der Waals surface area contributed by atoms with Gasteiger partial charge in [0, 0.05) is 12.6 Å². The molecule has 0 spiro atoms. The Bertz CT molecular complexity index is 540. The third-order valence-corrected chi connectivity index (χ3v) is 3.68. The average molecular weight is 279 g/mol. The fourth-order valence-electron chi connectivity index (χ4n) is 2.35. The molecular formula is C13H17N3O4. The minimum Gasteiger partial charge on any atom is -0.478 e. The fraction of sp³-hybridized carbons (Fsp3) is 0.538. The molecule has 0 saturated heterocycles. The van der Waals surface area contributed by atoms with Crippen molar-refractivity contribution in [3.63, 3.8) is 0 Å². The van der Waals surface area contributed by atoms with Crippen LogP contribution < -0.4 is 5.32 Å². The van der Waals surface area contributed by atoms with Gasteiger partial charge in [0.2, 0.25) is 0 Å². The summed E-state index contributed by atoms with van der Waals surface area (Å²) < 4.78 is 0. The van der Waals surface area contributed by atoms with Gasteiger partial charge in [-0.1, -0.05) is 13.3 Å². The van der Waals surface area contributed by atoms with Gasteiger partial charge >= 0.3 is 5.97 Å². The summed E-state index contributed by atoms with van der Waals surface area (Å²) in [5.41, 5.74) is -0.234. The zero-order valence-electron chi connectivity index (χ0n) is 11.3. The smallest absolute Gasteiger partial charge is 0.339 e. The van der Waals surface area contributed by atoms with Gasteiger partial charge in [-0.15, -0.1) is 0 Å². The molecule has 0 aliphatic heterocycles. The maximum atomic E-state index is 11.2. The number of carboxylic acids is 1. The van der Waals surface area contributed by atoms with E-state index in [4.69, 9.17) is 5.11 Å². The Morgan fingerprint density at radius 2 is 2.30 bits per heavy atom. The van der Waals surface area contributed by atoms with Crippen LogP contribution >= 0.6 is 0 Å². The predicted molar refractivity (Wildman–Crippen MR) is 72.9 cm³/mol. The molecule has 1 aliphatic rings. The van der Waals surface area contributed by atoms with Gasteiger partial charge in [-0.25, -0.2) is 9.78 Å². The number of nitrogens with one attached hydrogen (secondary N) is 1. The second-order valence-corrected chi connectivity index (χ2v) is 5.26. The number of hydrogen-bond acceptors (Lipinski definition) is 5. The fourth-order valence-corrected chi connectivity index (χ4v) is 2.35. The van der Waals surface area contributed by atoms with Crippen LogP contribution in [0.25, 0.3) is 0 Å². The van der Waals surface area contributed by atoms with Crippen molar-refractivity contribution in [3.05, 3.63) is 27.9 Å². The number of nitrogens with zero attached hydrogens (tertiary/aromatic N) is 2. The maximum absolute atomic E-state index is 11.2. The lowest BCUT2D eigenvalue weighted by molar-refractivity contribution is -0.385. The zero-order valence-corrected chi connectivity index (χ0v) is 11.3. The van der Waals surface area contributed by atoms with Crippen LogP contribution in [0.2, 0.25) is 0 Å². The van der Waals surface area contributed by atoms with Gasteiger partial charge in [-0.3, -0.25) is 10.1 Å². The minimum absolute atomic E-state index is 0.161. The van der Waals surface area contributed by atoms with Crippen LogP contribution in [0.4, 0.5) is 11.5 Å². The molecule has 0 amide bonds. The van der Waals surface area contributed by atoms with E-state index >= 15 is 0 Å². The van der Waals surface area contributed by atoms with E-state index in [-0.39, 0.29) is 22.5 Å². The quantitative estimate of drug-likeness (QED) is 0.587. The van der Waals surface area contributed by atoms with Crippen LogP contribution in [0, 0.1) is 15.5 Å². The number of carbonyl (C=O) groups is 1. The Labute approximate surface area is 116 Å². The summed E-state index contributed by atoms with van der Waals surface area (Å²) in [7, 11) is 0. The minimum atomic E-state index is -1.22. The summed E-state index contributed by atoms with van der Waals surface area (Å²) in [5, 5.41) is 22.8. The molecule has 0 unspecified atom stereocenters. The van der Waals surface area contributed by atoms with Crippen LogP contribution in [0.1, 0.15) is 43.0 Å². The Morgan fingerprint density at radius 1 is 1.60 bits per heavy atom. The maximum Gasteiger partial charge on any atom is 0.339 e. The molecule has 1 fully saturated rings. The highest BCUT2D eigenvalue weighted by Gasteiger charge is 2.41. The first kappa shape index (κ1) is 14.2. The lowest BCUT2D eigenvalue weighted by Gasteiger charge is -2.16. The van der Waals surface area contributed by atoms with Gasteiger partial charge in [-0.2, -0.15) is 0 Å². The first-order valence-electron chi connectivity index (χ1n) is 6.59. The van der Waals surface area contributed by atoms with Crippen molar-refractivity contribution in [2.45, 2.75) is 32.6 Å². The van der Waals surface area contributed by atoms with E-state index in [1.165, 1.54) is 0 Å². The normalized spacial score (nSPS) is 15.7. The summed E-state index contributed by atoms with van der Waals surface area (Å²) in [6, 6.07) is 1.04. The number of anilines is 1. The molecule has 0 radical (unpaired) electrons. The van der Waals surface area contributed by atoms with E-state index in [2.05, 4.69) is 17.2 Å². The lowest BCUT2D eigenvalue weighted by atomic mass is 10.0. The van der Waals surface area contributed by atoms with Gasteiger partial charge < -0.3 is 10.4 Å². The number of rotatable bonds is 7. The topological polar surface area (TPSA) is 105 Å². The Balaban J connectivity index is 2.15. The molecule has 7 heteroatoms. The van der Waals surface area contributed by atoms with Gasteiger partial charge in [0.05, 0.1) is 4.92 Å². The first-order chi connectivity index (χ1) is 9.47. The van der Waals surface area contributed by atoms with Crippen LogP contribution in [0.3, 0.4) is 0 Å². The number of hydrogen-bond donors (Lipinski definition) is 2. The van der Waals surface area contributed by atoms with E-state index in [1.807, 2.05) is 0 Å².